The van der Waals surface area contributed by atoms with E-state index in [1.54, 1.807) is 6.33 Å². The van der Waals surface area contributed by atoms with Gasteiger partial charge in [0.2, 0.25) is 0 Å². The standard InChI is InChI=1S/C17H24N4/c1-3-5-6-11-18-16-12-17(20-13-19-16)21-15-9-7-14(4-2)8-10-15/h7-10,12-13H,3-6,11H2,1-2H3,(H2,18,19,20,21). The van der Waals surface area contributed by atoms with Crippen LogP contribution in [0, 0.1) is 0 Å². The molecule has 0 saturated carbocycles. The number of nitrogens with zero attached hydrogens (tertiary/aromatic N) is 2. The SMILES string of the molecule is CCCCCNc1cc(Nc2ccc(CC)cc2)ncn1. The van der Waals surface area contributed by atoms with Crippen LogP contribution >= 0.6 is 0 Å². The Bertz CT molecular complexity index is 537. The summed E-state index contributed by atoms with van der Waals surface area (Å²) in [6, 6.07) is 10.4. The van der Waals surface area contributed by atoms with Gasteiger partial charge in [-0.05, 0) is 30.5 Å². The van der Waals surface area contributed by atoms with Crippen LogP contribution in [-0.2, 0) is 6.42 Å². The van der Waals surface area contributed by atoms with Crippen LogP contribution in [0.3, 0.4) is 0 Å². The van der Waals surface area contributed by atoms with Gasteiger partial charge in [-0.1, -0.05) is 38.8 Å². The lowest BCUT2D eigenvalue weighted by atomic mass is 10.1. The van der Waals surface area contributed by atoms with Crippen LogP contribution in [-0.4, -0.2) is 16.5 Å². The molecule has 0 aliphatic heterocycles. The van der Waals surface area contributed by atoms with Crippen LogP contribution in [0.5, 0.6) is 0 Å². The Morgan fingerprint density at radius 3 is 2.43 bits per heavy atom. The van der Waals surface area contributed by atoms with E-state index in [9.17, 15) is 0 Å². The van der Waals surface area contributed by atoms with Gasteiger partial charge >= 0.3 is 0 Å². The lowest BCUT2D eigenvalue weighted by Gasteiger charge is -2.09. The molecule has 4 nitrogen and oxygen atoms in total. The number of aromatic nitrogens is 2. The van der Waals surface area contributed by atoms with Gasteiger partial charge < -0.3 is 10.6 Å². The molecule has 2 N–H and O–H groups in total. The molecule has 1 heterocycles. The molecule has 0 bridgehead atoms. The number of unbranched alkanes of at least 4 members (excludes halogenated alkanes) is 2. The van der Waals surface area contributed by atoms with Crippen molar-refractivity contribution in [2.45, 2.75) is 39.5 Å². The van der Waals surface area contributed by atoms with E-state index in [0.717, 1.165) is 30.3 Å². The van der Waals surface area contributed by atoms with Gasteiger partial charge in [-0.15, -0.1) is 0 Å². The van der Waals surface area contributed by atoms with Crippen molar-refractivity contribution in [2.24, 2.45) is 0 Å². The van der Waals surface area contributed by atoms with Crippen LogP contribution in [0.25, 0.3) is 0 Å². The molecule has 0 amide bonds. The summed E-state index contributed by atoms with van der Waals surface area (Å²) in [5.41, 5.74) is 2.38. The zero-order valence-corrected chi connectivity index (χ0v) is 12.9. The molecule has 21 heavy (non-hydrogen) atoms. The maximum atomic E-state index is 4.26. The number of hydrogen-bond acceptors (Lipinski definition) is 4. The molecule has 0 spiro atoms. The van der Waals surface area contributed by atoms with Gasteiger partial charge in [0.15, 0.2) is 0 Å². The Balaban J connectivity index is 1.93. The fourth-order valence-electron chi connectivity index (χ4n) is 2.09. The molecule has 0 aliphatic carbocycles. The fourth-order valence-corrected chi connectivity index (χ4v) is 2.09. The molecule has 0 aliphatic rings. The van der Waals surface area contributed by atoms with Gasteiger partial charge in [-0.2, -0.15) is 0 Å². The molecule has 1 aromatic carbocycles. The molecule has 112 valence electrons. The van der Waals surface area contributed by atoms with E-state index in [2.05, 4.69) is 58.7 Å². The molecule has 2 rings (SSSR count). The highest BCUT2D eigenvalue weighted by Gasteiger charge is 1.99. The van der Waals surface area contributed by atoms with E-state index in [1.165, 1.54) is 24.8 Å². The Morgan fingerprint density at radius 2 is 1.71 bits per heavy atom. The average molecular weight is 284 g/mol. The van der Waals surface area contributed by atoms with Crippen molar-refractivity contribution in [2.75, 3.05) is 17.2 Å². The van der Waals surface area contributed by atoms with E-state index < -0.39 is 0 Å². The number of benzene rings is 1. The maximum Gasteiger partial charge on any atom is 0.135 e. The summed E-state index contributed by atoms with van der Waals surface area (Å²) in [5.74, 6) is 1.68. The number of nitrogens with one attached hydrogen (secondary N) is 2. The predicted octanol–water partition coefficient (Wildman–Crippen LogP) is 4.38. The summed E-state index contributed by atoms with van der Waals surface area (Å²) in [7, 11) is 0. The molecule has 0 atom stereocenters. The van der Waals surface area contributed by atoms with Gasteiger partial charge in [0, 0.05) is 18.3 Å². The summed E-state index contributed by atoms with van der Waals surface area (Å²) >= 11 is 0. The third-order valence-electron chi connectivity index (χ3n) is 3.39. The highest BCUT2D eigenvalue weighted by atomic mass is 15.1. The molecule has 1 aromatic heterocycles. The second-order valence-corrected chi connectivity index (χ2v) is 5.10. The van der Waals surface area contributed by atoms with Crippen molar-refractivity contribution in [1.29, 1.82) is 0 Å². The van der Waals surface area contributed by atoms with Crippen molar-refractivity contribution >= 4 is 17.3 Å². The third kappa shape index (κ3) is 5.06. The Hall–Kier alpha value is -2.10. The molecule has 2 aromatic rings. The van der Waals surface area contributed by atoms with Crippen LogP contribution in [0.2, 0.25) is 0 Å². The summed E-state index contributed by atoms with van der Waals surface area (Å²) in [6.45, 7) is 5.31. The van der Waals surface area contributed by atoms with Crippen molar-refractivity contribution < 1.29 is 0 Å². The zero-order chi connectivity index (χ0) is 14.9. The summed E-state index contributed by atoms with van der Waals surface area (Å²) in [5, 5.41) is 6.64. The third-order valence-corrected chi connectivity index (χ3v) is 3.39. The minimum Gasteiger partial charge on any atom is -0.370 e. The van der Waals surface area contributed by atoms with Crippen molar-refractivity contribution in [1.82, 2.24) is 9.97 Å². The predicted molar refractivity (Wildman–Crippen MR) is 89.1 cm³/mol. The second-order valence-electron chi connectivity index (χ2n) is 5.10. The van der Waals surface area contributed by atoms with Crippen LogP contribution < -0.4 is 10.6 Å². The monoisotopic (exact) mass is 284 g/mol. The highest BCUT2D eigenvalue weighted by Crippen LogP contribution is 2.17. The number of anilines is 3. The van der Waals surface area contributed by atoms with Crippen molar-refractivity contribution in [3.8, 4) is 0 Å². The summed E-state index contributed by atoms with van der Waals surface area (Å²) < 4.78 is 0. The quantitative estimate of drug-likeness (QED) is 0.706. The van der Waals surface area contributed by atoms with Gasteiger partial charge in [-0.3, -0.25) is 0 Å². The average Bonchev–Trinajstić information content (AvgIpc) is 2.53. The Labute approximate surface area is 127 Å². The molecular weight excluding hydrogens is 260 g/mol. The van der Waals surface area contributed by atoms with Gasteiger partial charge in [0.25, 0.3) is 0 Å². The molecule has 0 saturated heterocycles. The maximum absolute atomic E-state index is 4.26. The molecule has 0 unspecified atom stereocenters. The number of hydrogen-bond donors (Lipinski definition) is 2. The van der Waals surface area contributed by atoms with Gasteiger partial charge in [0.1, 0.15) is 18.0 Å². The van der Waals surface area contributed by atoms with Crippen molar-refractivity contribution in [3.05, 3.63) is 42.2 Å². The normalized spacial score (nSPS) is 10.4. The van der Waals surface area contributed by atoms with E-state index in [-0.39, 0.29) is 0 Å². The largest absolute Gasteiger partial charge is 0.370 e. The zero-order valence-electron chi connectivity index (χ0n) is 12.9. The van der Waals surface area contributed by atoms with E-state index in [0.29, 0.717) is 0 Å². The van der Waals surface area contributed by atoms with Crippen LogP contribution in [0.15, 0.2) is 36.7 Å². The molecular formula is C17H24N4. The Kier molecular flexibility index (Phi) is 6.00. The first-order valence-electron chi connectivity index (χ1n) is 7.73. The number of aryl methyl sites for hydroxylation is 1. The first-order valence-corrected chi connectivity index (χ1v) is 7.73. The van der Waals surface area contributed by atoms with Crippen LogP contribution in [0.4, 0.5) is 17.3 Å². The minimum atomic E-state index is 0.812. The van der Waals surface area contributed by atoms with Gasteiger partial charge in [-0.25, -0.2) is 9.97 Å². The summed E-state index contributed by atoms with van der Waals surface area (Å²) in [4.78, 5) is 8.50. The summed E-state index contributed by atoms with van der Waals surface area (Å²) in [6.07, 6.45) is 6.28. The first-order chi connectivity index (χ1) is 10.3. The van der Waals surface area contributed by atoms with E-state index >= 15 is 0 Å². The van der Waals surface area contributed by atoms with E-state index in [1.807, 2.05) is 6.07 Å². The molecule has 4 heteroatoms. The smallest absolute Gasteiger partial charge is 0.135 e. The van der Waals surface area contributed by atoms with Crippen molar-refractivity contribution in [3.63, 3.8) is 0 Å². The lowest BCUT2D eigenvalue weighted by molar-refractivity contribution is 0.742. The van der Waals surface area contributed by atoms with E-state index in [4.69, 9.17) is 0 Å². The Morgan fingerprint density at radius 1 is 0.952 bits per heavy atom. The minimum absolute atomic E-state index is 0.812. The first kappa shape index (κ1) is 15.3. The topological polar surface area (TPSA) is 49.8 Å². The molecule has 0 radical (unpaired) electrons. The number of rotatable bonds is 8. The molecule has 0 fully saturated rings. The van der Waals surface area contributed by atoms with Gasteiger partial charge in [0.05, 0.1) is 0 Å². The fraction of sp³-hybridized carbons (Fsp3) is 0.412. The highest BCUT2D eigenvalue weighted by molar-refractivity contribution is 5.59. The second kappa shape index (κ2) is 8.25. The lowest BCUT2D eigenvalue weighted by Crippen LogP contribution is -2.04. The van der Waals surface area contributed by atoms with Crippen LogP contribution in [0.1, 0.15) is 38.7 Å².